The molecule has 1 fully saturated rings. The number of aliphatic hydroxyl groups excluding tert-OH is 1. The summed E-state index contributed by atoms with van der Waals surface area (Å²) in [6.07, 6.45) is 6.21. The normalized spacial score (nSPS) is 21.1. The molecule has 0 radical (unpaired) electrons. The van der Waals surface area contributed by atoms with Crippen LogP contribution in [0.15, 0.2) is 22.7 Å². The smallest absolute Gasteiger partial charge is 0.323 e. The third-order valence-electron chi connectivity index (χ3n) is 8.00. The van der Waals surface area contributed by atoms with Crippen molar-refractivity contribution in [2.24, 2.45) is 11.8 Å². The van der Waals surface area contributed by atoms with E-state index in [1.54, 1.807) is 36.9 Å². The van der Waals surface area contributed by atoms with Gasteiger partial charge in [0.2, 0.25) is 0 Å². The molecule has 10 heteroatoms. The van der Waals surface area contributed by atoms with Gasteiger partial charge in [0.05, 0.1) is 23.9 Å². The molecule has 2 heterocycles. The molecule has 3 amide bonds. The summed E-state index contributed by atoms with van der Waals surface area (Å²) >= 11 is 0. The second-order valence-corrected chi connectivity index (χ2v) is 11.3. The molecule has 3 atom stereocenters. The largest absolute Gasteiger partial charge is 0.486 e. The Bertz CT molecular complexity index is 1130. The van der Waals surface area contributed by atoms with Crippen molar-refractivity contribution in [1.29, 1.82) is 0 Å². The van der Waals surface area contributed by atoms with Crippen LogP contribution in [0.5, 0.6) is 5.75 Å². The van der Waals surface area contributed by atoms with E-state index in [1.807, 2.05) is 6.92 Å². The lowest BCUT2D eigenvalue weighted by atomic mass is 9.89. The molecule has 0 spiro atoms. The fourth-order valence-corrected chi connectivity index (χ4v) is 5.68. The summed E-state index contributed by atoms with van der Waals surface area (Å²) in [6.45, 7) is 9.41. The number of aromatic nitrogens is 1. The molecule has 4 rings (SSSR count). The van der Waals surface area contributed by atoms with Gasteiger partial charge in [-0.15, -0.1) is 0 Å². The summed E-state index contributed by atoms with van der Waals surface area (Å²) < 4.78 is 11.8. The molecule has 1 aliphatic carbocycles. The van der Waals surface area contributed by atoms with E-state index < -0.39 is 6.03 Å². The maximum atomic E-state index is 13.7. The number of amides is 3. The summed E-state index contributed by atoms with van der Waals surface area (Å²) in [6, 6.07) is 4.32. The third kappa shape index (κ3) is 6.91. The minimum Gasteiger partial charge on any atom is -0.486 e. The number of likely N-dealkylation sites (N-methyl/N-ethyl adjacent to an activating group) is 1. The Morgan fingerprint density at radius 3 is 2.62 bits per heavy atom. The molecule has 0 unspecified atom stereocenters. The van der Waals surface area contributed by atoms with Crippen molar-refractivity contribution in [3.63, 3.8) is 0 Å². The van der Waals surface area contributed by atoms with Crippen LogP contribution in [0.2, 0.25) is 0 Å². The number of para-hydroxylation sites is 1. The van der Waals surface area contributed by atoms with Crippen LogP contribution in [0.1, 0.15) is 67.8 Å². The number of anilines is 2. The van der Waals surface area contributed by atoms with Crippen LogP contribution in [0.3, 0.4) is 0 Å². The van der Waals surface area contributed by atoms with Gasteiger partial charge in [-0.3, -0.25) is 4.79 Å². The van der Waals surface area contributed by atoms with E-state index >= 15 is 0 Å². The number of hydrogen-bond acceptors (Lipinski definition) is 7. The lowest BCUT2D eigenvalue weighted by molar-refractivity contribution is 0.0333. The number of nitrogens with zero attached hydrogens (tertiary/aromatic N) is 3. The van der Waals surface area contributed by atoms with Crippen LogP contribution >= 0.6 is 0 Å². The SMILES string of the molecule is Cc1noc(C)c1NC(=O)Nc1cccc2c1O[C@@H](CN(C)CC1CCCCC1)[C@H](C)CN([C@@H](C)CO)C2=O. The van der Waals surface area contributed by atoms with Gasteiger partial charge >= 0.3 is 6.03 Å². The first-order chi connectivity index (χ1) is 18.7. The number of hydrogen-bond donors (Lipinski definition) is 3. The van der Waals surface area contributed by atoms with Crippen molar-refractivity contribution in [2.75, 3.05) is 43.9 Å². The topological polar surface area (TPSA) is 120 Å². The van der Waals surface area contributed by atoms with Crippen molar-refractivity contribution in [1.82, 2.24) is 15.0 Å². The molecule has 1 aromatic carbocycles. The Morgan fingerprint density at radius 2 is 1.95 bits per heavy atom. The van der Waals surface area contributed by atoms with E-state index in [4.69, 9.17) is 9.26 Å². The average molecular weight is 542 g/mol. The minimum absolute atomic E-state index is 0.00547. The number of urea groups is 1. The fraction of sp³-hybridized carbons (Fsp3) is 0.621. The summed E-state index contributed by atoms with van der Waals surface area (Å²) in [5.41, 5.74) is 1.83. The fourth-order valence-electron chi connectivity index (χ4n) is 5.68. The van der Waals surface area contributed by atoms with Gasteiger partial charge in [-0.25, -0.2) is 4.79 Å². The molecule has 1 saturated carbocycles. The summed E-state index contributed by atoms with van der Waals surface area (Å²) in [5.74, 6) is 1.30. The first-order valence-electron chi connectivity index (χ1n) is 14.1. The highest BCUT2D eigenvalue weighted by Gasteiger charge is 2.35. The number of carbonyl (C=O) groups excluding carboxylic acids is 2. The van der Waals surface area contributed by atoms with Crippen LogP contribution in [-0.4, -0.2) is 77.4 Å². The number of ether oxygens (including phenoxy) is 1. The van der Waals surface area contributed by atoms with Gasteiger partial charge < -0.3 is 34.8 Å². The Labute approximate surface area is 231 Å². The zero-order valence-electron chi connectivity index (χ0n) is 23.8. The van der Waals surface area contributed by atoms with E-state index in [0.29, 0.717) is 53.1 Å². The molecule has 0 saturated heterocycles. The first-order valence-corrected chi connectivity index (χ1v) is 14.1. The van der Waals surface area contributed by atoms with Crippen molar-refractivity contribution in [3.8, 4) is 5.75 Å². The zero-order valence-corrected chi connectivity index (χ0v) is 23.8. The highest BCUT2D eigenvalue weighted by atomic mass is 16.5. The number of aryl methyl sites for hydroxylation is 2. The summed E-state index contributed by atoms with van der Waals surface area (Å²) in [7, 11) is 2.13. The van der Waals surface area contributed by atoms with Gasteiger partial charge in [0, 0.05) is 25.6 Å². The van der Waals surface area contributed by atoms with E-state index in [-0.39, 0.29) is 30.6 Å². The monoisotopic (exact) mass is 541 g/mol. The summed E-state index contributed by atoms with van der Waals surface area (Å²) in [5, 5.41) is 19.5. The van der Waals surface area contributed by atoms with Gasteiger partial charge in [-0.2, -0.15) is 0 Å². The van der Waals surface area contributed by atoms with E-state index in [1.165, 1.54) is 32.1 Å². The lowest BCUT2D eigenvalue weighted by Crippen LogP contribution is -2.50. The van der Waals surface area contributed by atoms with Gasteiger partial charge in [-0.1, -0.05) is 37.4 Å². The lowest BCUT2D eigenvalue weighted by Gasteiger charge is -2.39. The Hall–Kier alpha value is -3.11. The highest BCUT2D eigenvalue weighted by molar-refractivity contribution is 6.04. The maximum absolute atomic E-state index is 13.7. The van der Waals surface area contributed by atoms with Crippen LogP contribution in [0.4, 0.5) is 16.2 Å². The quantitative estimate of drug-likeness (QED) is 0.444. The standard InChI is InChI=1S/C29H43N5O5/c1-18-14-34(19(2)17-35)28(36)23-12-9-13-24(30-29(37)31-26-20(3)32-39-21(26)4)27(23)38-25(18)16-33(5)15-22-10-7-6-8-11-22/h9,12-13,18-19,22,25,35H,6-8,10-11,14-17H2,1-5H3,(H2,30,31,37)/t18-,19+,25+/m1/s1. The number of aliphatic hydroxyl groups is 1. The molecule has 0 bridgehead atoms. The van der Waals surface area contributed by atoms with Crippen molar-refractivity contribution in [2.45, 2.75) is 71.9 Å². The molecule has 1 aliphatic heterocycles. The molecular weight excluding hydrogens is 498 g/mol. The van der Waals surface area contributed by atoms with Gasteiger partial charge in [0.1, 0.15) is 17.5 Å². The van der Waals surface area contributed by atoms with Crippen LogP contribution in [-0.2, 0) is 0 Å². The van der Waals surface area contributed by atoms with Crippen LogP contribution in [0, 0.1) is 25.7 Å². The average Bonchev–Trinajstić information content (AvgIpc) is 3.23. The maximum Gasteiger partial charge on any atom is 0.323 e. The Kier molecular flexibility index (Phi) is 9.50. The van der Waals surface area contributed by atoms with Crippen LogP contribution in [0.25, 0.3) is 0 Å². The molecular formula is C29H43N5O5. The van der Waals surface area contributed by atoms with Gasteiger partial charge in [0.25, 0.3) is 5.91 Å². The number of carbonyl (C=O) groups is 2. The highest BCUT2D eigenvalue weighted by Crippen LogP contribution is 2.35. The van der Waals surface area contributed by atoms with Gasteiger partial charge in [-0.05, 0) is 58.7 Å². The van der Waals surface area contributed by atoms with Crippen molar-refractivity contribution >= 4 is 23.3 Å². The zero-order chi connectivity index (χ0) is 28.1. The molecule has 39 heavy (non-hydrogen) atoms. The van der Waals surface area contributed by atoms with E-state index in [2.05, 4.69) is 34.7 Å². The number of nitrogens with one attached hydrogen (secondary N) is 2. The van der Waals surface area contributed by atoms with E-state index in [9.17, 15) is 14.7 Å². The number of fused-ring (bicyclic) bond motifs is 1. The third-order valence-corrected chi connectivity index (χ3v) is 8.00. The second kappa shape index (κ2) is 12.8. The minimum atomic E-state index is -0.490. The Balaban J connectivity index is 1.61. The predicted octanol–water partition coefficient (Wildman–Crippen LogP) is 4.67. The molecule has 2 aromatic rings. The predicted molar refractivity (Wildman–Crippen MR) is 150 cm³/mol. The number of benzene rings is 1. The van der Waals surface area contributed by atoms with Crippen LogP contribution < -0.4 is 15.4 Å². The molecule has 214 valence electrons. The molecule has 2 aliphatic rings. The summed E-state index contributed by atoms with van der Waals surface area (Å²) in [4.78, 5) is 30.7. The second-order valence-electron chi connectivity index (χ2n) is 11.3. The first kappa shape index (κ1) is 28.9. The molecule has 1 aromatic heterocycles. The van der Waals surface area contributed by atoms with Crippen molar-refractivity contribution < 1.29 is 24.0 Å². The molecule has 10 nitrogen and oxygen atoms in total. The molecule has 3 N–H and O–H groups in total. The van der Waals surface area contributed by atoms with E-state index in [0.717, 1.165) is 6.54 Å². The number of rotatable bonds is 8. The van der Waals surface area contributed by atoms with Gasteiger partial charge in [0.15, 0.2) is 11.5 Å². The Morgan fingerprint density at radius 1 is 1.21 bits per heavy atom. The van der Waals surface area contributed by atoms with Crippen molar-refractivity contribution in [3.05, 3.63) is 35.2 Å².